The van der Waals surface area contributed by atoms with Crippen LogP contribution in [0.2, 0.25) is 0 Å². The molecule has 1 heterocycles. The third-order valence-corrected chi connectivity index (χ3v) is 3.03. The highest BCUT2D eigenvalue weighted by molar-refractivity contribution is 5.94. The molecule has 1 amide bonds. The molecule has 0 atom stereocenters. The van der Waals surface area contributed by atoms with Crippen LogP contribution in [0, 0.1) is 0 Å². The van der Waals surface area contributed by atoms with Crippen molar-refractivity contribution >= 4 is 5.91 Å². The minimum atomic E-state index is -4.66. The van der Waals surface area contributed by atoms with Crippen LogP contribution in [0.15, 0.2) is 16.9 Å². The quantitative estimate of drug-likeness (QED) is 0.868. The number of aliphatic hydroxyl groups excluding tert-OH is 1. The SMILES string of the molecule is O=C(c1ccc(C(F)(F)F)[nH]c1=O)N(CCO)C1CC1. The molecule has 0 bridgehead atoms. The number of halogens is 3. The van der Waals surface area contributed by atoms with Gasteiger partial charge in [-0.15, -0.1) is 0 Å². The number of aromatic nitrogens is 1. The van der Waals surface area contributed by atoms with Gasteiger partial charge in [-0.25, -0.2) is 0 Å². The van der Waals surface area contributed by atoms with E-state index in [2.05, 4.69) is 0 Å². The molecule has 0 unspecified atom stereocenters. The molecule has 20 heavy (non-hydrogen) atoms. The maximum atomic E-state index is 12.4. The summed E-state index contributed by atoms with van der Waals surface area (Å²) < 4.78 is 37.3. The minimum Gasteiger partial charge on any atom is -0.395 e. The summed E-state index contributed by atoms with van der Waals surface area (Å²) in [6.07, 6.45) is -3.13. The molecule has 1 saturated carbocycles. The van der Waals surface area contributed by atoms with Crippen molar-refractivity contribution in [2.75, 3.05) is 13.2 Å². The Morgan fingerprint density at radius 1 is 1.40 bits per heavy atom. The van der Waals surface area contributed by atoms with Gasteiger partial charge in [0.1, 0.15) is 11.3 Å². The summed E-state index contributed by atoms with van der Waals surface area (Å²) in [6, 6.07) is 1.49. The number of aliphatic hydroxyl groups is 1. The molecule has 8 heteroatoms. The van der Waals surface area contributed by atoms with E-state index in [1.54, 1.807) is 4.98 Å². The lowest BCUT2D eigenvalue weighted by Gasteiger charge is -2.21. The zero-order valence-electron chi connectivity index (χ0n) is 10.4. The van der Waals surface area contributed by atoms with E-state index >= 15 is 0 Å². The molecular formula is C12H13F3N2O3. The Hall–Kier alpha value is -1.83. The lowest BCUT2D eigenvalue weighted by molar-refractivity contribution is -0.141. The standard InChI is InChI=1S/C12H13F3N2O3/c13-12(14,15)9-4-3-8(10(19)16-9)11(20)17(5-6-18)7-1-2-7/h3-4,7,18H,1-2,5-6H2,(H,16,19). The highest BCUT2D eigenvalue weighted by Crippen LogP contribution is 2.28. The number of rotatable bonds is 4. The first-order valence-electron chi connectivity index (χ1n) is 6.07. The molecule has 2 N–H and O–H groups in total. The number of hydrogen-bond donors (Lipinski definition) is 2. The second-order valence-electron chi connectivity index (χ2n) is 4.57. The predicted molar refractivity (Wildman–Crippen MR) is 63.2 cm³/mol. The number of nitrogens with one attached hydrogen (secondary N) is 1. The van der Waals surface area contributed by atoms with Gasteiger partial charge in [-0.1, -0.05) is 0 Å². The van der Waals surface area contributed by atoms with Crippen LogP contribution in [0.3, 0.4) is 0 Å². The average molecular weight is 290 g/mol. The van der Waals surface area contributed by atoms with Gasteiger partial charge >= 0.3 is 6.18 Å². The minimum absolute atomic E-state index is 0.0451. The molecule has 0 aromatic carbocycles. The fourth-order valence-electron chi connectivity index (χ4n) is 1.91. The van der Waals surface area contributed by atoms with E-state index in [1.807, 2.05) is 0 Å². The van der Waals surface area contributed by atoms with Crippen LogP contribution in [0.1, 0.15) is 28.9 Å². The monoisotopic (exact) mass is 290 g/mol. The highest BCUT2D eigenvalue weighted by atomic mass is 19.4. The molecule has 2 rings (SSSR count). The number of amides is 1. The van der Waals surface area contributed by atoms with Crippen LogP contribution in [0.4, 0.5) is 13.2 Å². The third kappa shape index (κ3) is 3.01. The van der Waals surface area contributed by atoms with Crippen LogP contribution >= 0.6 is 0 Å². The number of pyridine rings is 1. The Labute approximate surface area is 112 Å². The first-order valence-corrected chi connectivity index (χ1v) is 6.07. The van der Waals surface area contributed by atoms with Crippen molar-refractivity contribution in [3.05, 3.63) is 33.7 Å². The number of alkyl halides is 3. The van der Waals surface area contributed by atoms with E-state index in [4.69, 9.17) is 5.11 Å². The molecule has 1 aliphatic carbocycles. The molecular weight excluding hydrogens is 277 g/mol. The van der Waals surface area contributed by atoms with Gasteiger partial charge in [-0.3, -0.25) is 9.59 Å². The van der Waals surface area contributed by atoms with E-state index in [9.17, 15) is 22.8 Å². The van der Waals surface area contributed by atoms with Crippen molar-refractivity contribution in [1.82, 2.24) is 9.88 Å². The molecule has 0 aliphatic heterocycles. The summed E-state index contributed by atoms with van der Waals surface area (Å²) in [5, 5.41) is 8.90. The Bertz CT molecular complexity index is 564. The fraction of sp³-hybridized carbons (Fsp3) is 0.500. The Morgan fingerprint density at radius 2 is 2.05 bits per heavy atom. The summed E-state index contributed by atoms with van der Waals surface area (Å²) in [7, 11) is 0. The van der Waals surface area contributed by atoms with Crippen LogP contribution in [-0.2, 0) is 6.18 Å². The van der Waals surface area contributed by atoms with Gasteiger partial charge in [-0.2, -0.15) is 13.2 Å². The molecule has 0 saturated heterocycles. The van der Waals surface area contributed by atoms with Crippen molar-refractivity contribution in [2.45, 2.75) is 25.1 Å². The second-order valence-corrected chi connectivity index (χ2v) is 4.57. The lowest BCUT2D eigenvalue weighted by atomic mass is 10.2. The van der Waals surface area contributed by atoms with Gasteiger partial charge < -0.3 is 15.0 Å². The van der Waals surface area contributed by atoms with Crippen molar-refractivity contribution in [3.63, 3.8) is 0 Å². The summed E-state index contributed by atoms with van der Waals surface area (Å²) in [5.41, 5.74) is -2.62. The molecule has 0 spiro atoms. The third-order valence-electron chi connectivity index (χ3n) is 3.03. The van der Waals surface area contributed by atoms with Crippen LogP contribution in [-0.4, -0.2) is 40.1 Å². The smallest absolute Gasteiger partial charge is 0.395 e. The molecule has 1 fully saturated rings. The summed E-state index contributed by atoms with van der Waals surface area (Å²) in [5.74, 6) is -0.656. The number of aromatic amines is 1. The zero-order valence-corrected chi connectivity index (χ0v) is 10.4. The number of hydrogen-bond acceptors (Lipinski definition) is 3. The first kappa shape index (κ1) is 14.6. The lowest BCUT2D eigenvalue weighted by Crippen LogP contribution is -2.38. The predicted octanol–water partition coefficient (Wildman–Crippen LogP) is 0.991. The van der Waals surface area contributed by atoms with Crippen LogP contribution < -0.4 is 5.56 Å². The summed E-state index contributed by atoms with van der Waals surface area (Å²) in [6.45, 7) is -0.204. The van der Waals surface area contributed by atoms with Crippen molar-refractivity contribution in [1.29, 1.82) is 0 Å². The summed E-state index contributed by atoms with van der Waals surface area (Å²) >= 11 is 0. The Kier molecular flexibility index (Phi) is 3.85. The van der Waals surface area contributed by atoms with Gasteiger partial charge in [0.05, 0.1) is 6.61 Å². The van der Waals surface area contributed by atoms with Gasteiger partial charge in [0, 0.05) is 12.6 Å². The number of carbonyl (C=O) groups is 1. The largest absolute Gasteiger partial charge is 0.431 e. The van der Waals surface area contributed by atoms with E-state index in [0.29, 0.717) is 6.07 Å². The normalized spacial score (nSPS) is 15.2. The van der Waals surface area contributed by atoms with E-state index in [1.165, 1.54) is 4.90 Å². The number of carbonyl (C=O) groups excluding carboxylic acids is 1. The van der Waals surface area contributed by atoms with Crippen LogP contribution in [0.5, 0.6) is 0 Å². The highest BCUT2D eigenvalue weighted by Gasteiger charge is 2.35. The molecule has 1 aromatic rings. The molecule has 5 nitrogen and oxygen atoms in total. The molecule has 1 aromatic heterocycles. The molecule has 0 radical (unpaired) electrons. The Morgan fingerprint density at radius 3 is 2.50 bits per heavy atom. The zero-order chi connectivity index (χ0) is 14.9. The van der Waals surface area contributed by atoms with Crippen LogP contribution in [0.25, 0.3) is 0 Å². The van der Waals surface area contributed by atoms with Crippen molar-refractivity contribution in [2.24, 2.45) is 0 Å². The first-order chi connectivity index (χ1) is 9.34. The van der Waals surface area contributed by atoms with E-state index < -0.39 is 23.3 Å². The summed E-state index contributed by atoms with van der Waals surface area (Å²) in [4.78, 5) is 26.7. The Balaban J connectivity index is 2.28. The maximum Gasteiger partial charge on any atom is 0.431 e. The van der Waals surface area contributed by atoms with Gasteiger partial charge in [-0.05, 0) is 25.0 Å². The number of nitrogens with zero attached hydrogens (tertiary/aromatic N) is 1. The van der Waals surface area contributed by atoms with Crippen molar-refractivity contribution < 1.29 is 23.1 Å². The topological polar surface area (TPSA) is 73.4 Å². The number of H-pyrrole nitrogens is 1. The van der Waals surface area contributed by atoms with Gasteiger partial charge in [0.25, 0.3) is 11.5 Å². The van der Waals surface area contributed by atoms with E-state index in [-0.39, 0.29) is 24.8 Å². The molecule has 1 aliphatic rings. The van der Waals surface area contributed by atoms with Crippen molar-refractivity contribution in [3.8, 4) is 0 Å². The van der Waals surface area contributed by atoms with E-state index in [0.717, 1.165) is 18.9 Å². The van der Waals surface area contributed by atoms with Gasteiger partial charge in [0.15, 0.2) is 0 Å². The second kappa shape index (κ2) is 5.28. The average Bonchev–Trinajstić information content (AvgIpc) is 3.18. The van der Waals surface area contributed by atoms with Gasteiger partial charge in [0.2, 0.25) is 0 Å². The molecule has 110 valence electrons. The maximum absolute atomic E-state index is 12.4. The fourth-order valence-corrected chi connectivity index (χ4v) is 1.91.